The average molecular weight is 368 g/mol. The Labute approximate surface area is 156 Å². The van der Waals surface area contributed by atoms with Crippen molar-refractivity contribution in [2.45, 2.75) is 6.54 Å². The van der Waals surface area contributed by atoms with E-state index in [-0.39, 0.29) is 10.7 Å². The number of nitro groups is 1. The Balaban J connectivity index is 1.92. The summed E-state index contributed by atoms with van der Waals surface area (Å²) < 4.78 is 3.41. The molecule has 0 aliphatic rings. The largest absolute Gasteiger partial charge is 0.378 e. The molecule has 0 spiro atoms. The summed E-state index contributed by atoms with van der Waals surface area (Å²) in [6, 6.07) is 13.1. The van der Waals surface area contributed by atoms with Crippen molar-refractivity contribution in [1.29, 1.82) is 0 Å². The van der Waals surface area contributed by atoms with Gasteiger partial charge in [-0.25, -0.2) is 4.57 Å². The molecule has 0 amide bonds. The lowest BCUT2D eigenvalue weighted by atomic mass is 10.1. The molecule has 0 bridgehead atoms. The van der Waals surface area contributed by atoms with Gasteiger partial charge >= 0.3 is 5.82 Å². The molecule has 0 aliphatic carbocycles. The molecule has 3 rings (SSSR count). The van der Waals surface area contributed by atoms with Gasteiger partial charge in [-0.3, -0.25) is 0 Å². The molecule has 0 unspecified atom stereocenters. The topological polar surface area (TPSA) is 105 Å². The summed E-state index contributed by atoms with van der Waals surface area (Å²) in [5.41, 5.74) is 11.7. The molecule has 3 N–H and O–H groups in total. The van der Waals surface area contributed by atoms with Crippen LogP contribution in [0, 0.1) is 10.1 Å². The van der Waals surface area contributed by atoms with Crippen molar-refractivity contribution in [3.8, 4) is 11.3 Å². The highest BCUT2D eigenvalue weighted by Crippen LogP contribution is 2.28. The third-order valence-corrected chi connectivity index (χ3v) is 4.29. The first-order chi connectivity index (χ1) is 12.9. The molecule has 140 valence electrons. The molecule has 0 atom stereocenters. The number of aryl methyl sites for hydroxylation is 1. The number of hydrogen-bond donors (Lipinski definition) is 2. The van der Waals surface area contributed by atoms with Gasteiger partial charge in [0.25, 0.3) is 5.65 Å². The molecule has 27 heavy (non-hydrogen) atoms. The van der Waals surface area contributed by atoms with Crippen LogP contribution in [0.25, 0.3) is 16.9 Å². The molecule has 3 aromatic rings. The first-order valence-corrected chi connectivity index (χ1v) is 8.36. The molecule has 1 aromatic carbocycles. The minimum absolute atomic E-state index is 0.0438. The highest BCUT2D eigenvalue weighted by Gasteiger charge is 2.29. The van der Waals surface area contributed by atoms with Gasteiger partial charge < -0.3 is 26.2 Å². The summed E-state index contributed by atoms with van der Waals surface area (Å²) >= 11 is 0. The number of guanidine groups is 1. The monoisotopic (exact) mass is 368 g/mol. The van der Waals surface area contributed by atoms with E-state index in [0.717, 1.165) is 16.8 Å². The van der Waals surface area contributed by atoms with Crippen LogP contribution in [-0.2, 0) is 13.6 Å². The minimum atomic E-state index is -0.351. The van der Waals surface area contributed by atoms with E-state index in [0.29, 0.717) is 18.2 Å². The Morgan fingerprint density at radius 3 is 2.63 bits per heavy atom. The second-order valence-corrected chi connectivity index (χ2v) is 6.31. The van der Waals surface area contributed by atoms with Gasteiger partial charge in [-0.05, 0) is 16.6 Å². The van der Waals surface area contributed by atoms with E-state index in [1.807, 2.05) is 62.1 Å². The van der Waals surface area contributed by atoms with Crippen molar-refractivity contribution in [2.24, 2.45) is 17.9 Å². The molecule has 0 radical (unpaired) electrons. The summed E-state index contributed by atoms with van der Waals surface area (Å²) in [6.45, 7) is 0.501. The fourth-order valence-electron chi connectivity index (χ4n) is 2.85. The zero-order valence-corrected chi connectivity index (χ0v) is 15.5. The Kier molecular flexibility index (Phi) is 4.93. The van der Waals surface area contributed by atoms with Gasteiger partial charge in [-0.15, -0.1) is 5.10 Å². The predicted molar refractivity (Wildman–Crippen MR) is 103 cm³/mol. The average Bonchev–Trinajstić information content (AvgIpc) is 2.95. The van der Waals surface area contributed by atoms with Crippen molar-refractivity contribution in [2.75, 3.05) is 14.1 Å². The zero-order valence-electron chi connectivity index (χ0n) is 15.5. The quantitative estimate of drug-likeness (QED) is 0.232. The van der Waals surface area contributed by atoms with Crippen molar-refractivity contribution < 1.29 is 9.49 Å². The Morgan fingerprint density at radius 2 is 2.00 bits per heavy atom. The molecule has 0 aliphatic heterocycles. The van der Waals surface area contributed by atoms with Crippen LogP contribution >= 0.6 is 0 Å². The van der Waals surface area contributed by atoms with Crippen LogP contribution in [0.1, 0.15) is 5.56 Å². The smallest absolute Gasteiger partial charge is 0.368 e. The van der Waals surface area contributed by atoms with Crippen molar-refractivity contribution in [1.82, 2.24) is 14.7 Å². The molecular weight excluding hydrogens is 346 g/mol. The van der Waals surface area contributed by atoms with Crippen LogP contribution in [0.3, 0.4) is 0 Å². The van der Waals surface area contributed by atoms with Crippen LogP contribution in [-0.4, -0.2) is 34.3 Å². The van der Waals surface area contributed by atoms with E-state index in [4.69, 9.17) is 5.73 Å². The minimum Gasteiger partial charge on any atom is -0.368 e. The van der Waals surface area contributed by atoms with E-state index < -0.39 is 0 Å². The predicted octanol–water partition coefficient (Wildman–Crippen LogP) is 1.22. The van der Waals surface area contributed by atoms with Crippen molar-refractivity contribution in [3.63, 3.8) is 0 Å². The van der Waals surface area contributed by atoms with Gasteiger partial charge in [0.2, 0.25) is 11.7 Å². The molecule has 9 nitrogen and oxygen atoms in total. The number of nitrogens with zero attached hydrogens (tertiary/aromatic N) is 5. The van der Waals surface area contributed by atoms with Crippen LogP contribution < -0.4 is 15.7 Å². The first kappa shape index (κ1) is 18.2. The van der Waals surface area contributed by atoms with Gasteiger partial charge in [-0.2, -0.15) is 4.40 Å². The number of aromatic nitrogens is 2. The molecular formula is C18H22N7O2+. The standard InChI is InChI=1S/C18H22N7O2/c1-22(2)18(19)21-20-12-13-7-9-14(10-8-13)16-17(25(26)27)24-11-5-4-6-15(24)23(16)3/h4-11,20H,12H2,1-3H3,(H2,19,21)/q+1. The van der Waals surface area contributed by atoms with Gasteiger partial charge in [0, 0.05) is 25.7 Å². The number of pyridine rings is 1. The van der Waals surface area contributed by atoms with Crippen LogP contribution in [0.2, 0.25) is 0 Å². The van der Waals surface area contributed by atoms with Gasteiger partial charge in [0.1, 0.15) is 6.20 Å². The van der Waals surface area contributed by atoms with Crippen LogP contribution in [0.4, 0.5) is 5.82 Å². The second-order valence-electron chi connectivity index (χ2n) is 6.31. The lowest BCUT2D eigenvalue weighted by molar-refractivity contribution is -0.634. The fourth-order valence-corrected chi connectivity index (χ4v) is 2.85. The van der Waals surface area contributed by atoms with Gasteiger partial charge in [0.05, 0.1) is 13.6 Å². The van der Waals surface area contributed by atoms with E-state index in [1.54, 1.807) is 21.6 Å². The number of imidazole rings is 1. The molecule has 2 heterocycles. The second kappa shape index (κ2) is 7.32. The van der Waals surface area contributed by atoms with Crippen LogP contribution in [0.15, 0.2) is 53.8 Å². The summed E-state index contributed by atoms with van der Waals surface area (Å²) in [7, 11) is 5.44. The van der Waals surface area contributed by atoms with Crippen molar-refractivity contribution >= 4 is 17.4 Å². The summed E-state index contributed by atoms with van der Waals surface area (Å²) in [4.78, 5) is 13.0. The molecule has 9 heteroatoms. The van der Waals surface area contributed by atoms with Crippen molar-refractivity contribution in [3.05, 3.63) is 64.3 Å². The van der Waals surface area contributed by atoms with E-state index in [1.165, 1.54) is 0 Å². The number of benzene rings is 1. The number of nitrogens with two attached hydrogens (primary N) is 1. The Hall–Kier alpha value is -3.62. The fraction of sp³-hybridized carbons (Fsp3) is 0.222. The first-order valence-electron chi connectivity index (χ1n) is 8.36. The number of hydrogen-bond acceptors (Lipinski definition) is 4. The highest BCUT2D eigenvalue weighted by molar-refractivity contribution is 5.77. The van der Waals surface area contributed by atoms with Gasteiger partial charge in [0.15, 0.2) is 0 Å². The summed E-state index contributed by atoms with van der Waals surface area (Å²) in [5, 5.41) is 15.7. The summed E-state index contributed by atoms with van der Waals surface area (Å²) in [5.74, 6) is 0.428. The number of fused-ring (bicyclic) bond motifs is 1. The van der Waals surface area contributed by atoms with E-state index in [2.05, 4.69) is 10.5 Å². The molecule has 0 fully saturated rings. The number of hydrazone groups is 1. The third kappa shape index (κ3) is 3.52. The summed E-state index contributed by atoms with van der Waals surface area (Å²) in [6.07, 6.45) is 1.70. The normalized spacial score (nSPS) is 11.6. The lowest BCUT2D eigenvalue weighted by Crippen LogP contribution is -2.32. The number of rotatable bonds is 5. The van der Waals surface area contributed by atoms with E-state index >= 15 is 0 Å². The maximum Gasteiger partial charge on any atom is 0.378 e. The Bertz CT molecular complexity index is 1010. The van der Waals surface area contributed by atoms with Crippen LogP contribution in [0.5, 0.6) is 0 Å². The molecule has 2 aromatic heterocycles. The maximum absolute atomic E-state index is 11.7. The lowest BCUT2D eigenvalue weighted by Gasteiger charge is -2.10. The third-order valence-electron chi connectivity index (χ3n) is 4.29. The molecule has 0 saturated carbocycles. The molecule has 0 saturated heterocycles. The van der Waals surface area contributed by atoms with Gasteiger partial charge in [-0.1, -0.05) is 30.3 Å². The zero-order chi connectivity index (χ0) is 19.6. The van der Waals surface area contributed by atoms with E-state index in [9.17, 15) is 10.1 Å². The Morgan fingerprint density at radius 1 is 1.30 bits per heavy atom. The highest BCUT2D eigenvalue weighted by atomic mass is 16.6. The number of nitrogens with one attached hydrogen (secondary N) is 1. The SMILES string of the molecule is CN(C)C(N)=NNCc1ccc(-c2c([N+](=O)[O-])n3ccccc3[n+]2C)cc1. The maximum atomic E-state index is 11.7.